The van der Waals surface area contributed by atoms with Crippen LogP contribution in [-0.4, -0.2) is 31.4 Å². The van der Waals surface area contributed by atoms with Crippen LogP contribution in [0.3, 0.4) is 0 Å². The molecule has 1 rings (SSSR count). The van der Waals surface area contributed by atoms with Crippen molar-refractivity contribution in [2.45, 2.75) is 26.2 Å². The van der Waals surface area contributed by atoms with Gasteiger partial charge in [-0.15, -0.1) is 0 Å². The Labute approximate surface area is 89.8 Å². The van der Waals surface area contributed by atoms with Crippen molar-refractivity contribution >= 4 is 11.8 Å². The van der Waals surface area contributed by atoms with E-state index in [1.165, 1.54) is 0 Å². The van der Waals surface area contributed by atoms with Gasteiger partial charge in [0.25, 0.3) is 0 Å². The molecule has 86 valence electrons. The highest BCUT2D eigenvalue weighted by molar-refractivity contribution is 5.89. The first-order valence-corrected chi connectivity index (χ1v) is 5.39. The number of nitrogens with one attached hydrogen (secondary N) is 2. The van der Waals surface area contributed by atoms with Crippen LogP contribution in [0.4, 0.5) is 0 Å². The van der Waals surface area contributed by atoms with Crippen molar-refractivity contribution in [3.8, 4) is 0 Å². The highest BCUT2D eigenvalue weighted by atomic mass is 16.2. The van der Waals surface area contributed by atoms with Crippen LogP contribution < -0.4 is 16.4 Å². The SMILES string of the molecule is CCCNC(=O)CNC(=O)C1(CN)CC1. The average molecular weight is 213 g/mol. The monoisotopic (exact) mass is 213 g/mol. The summed E-state index contributed by atoms with van der Waals surface area (Å²) in [6.45, 7) is 3.05. The van der Waals surface area contributed by atoms with Crippen molar-refractivity contribution in [1.29, 1.82) is 0 Å². The van der Waals surface area contributed by atoms with E-state index in [0.717, 1.165) is 19.3 Å². The maximum atomic E-state index is 11.6. The van der Waals surface area contributed by atoms with Gasteiger partial charge in [-0.1, -0.05) is 6.92 Å². The molecular formula is C10H19N3O2. The van der Waals surface area contributed by atoms with E-state index in [2.05, 4.69) is 10.6 Å². The van der Waals surface area contributed by atoms with Crippen LogP contribution in [0.2, 0.25) is 0 Å². The van der Waals surface area contributed by atoms with Crippen LogP contribution in [-0.2, 0) is 9.59 Å². The van der Waals surface area contributed by atoms with E-state index in [-0.39, 0.29) is 23.8 Å². The van der Waals surface area contributed by atoms with Gasteiger partial charge in [0, 0.05) is 13.1 Å². The Morgan fingerprint density at radius 1 is 1.33 bits per heavy atom. The average Bonchev–Trinajstić information content (AvgIpc) is 3.03. The molecule has 4 N–H and O–H groups in total. The fourth-order valence-electron chi connectivity index (χ4n) is 1.35. The van der Waals surface area contributed by atoms with Gasteiger partial charge in [0.1, 0.15) is 0 Å². The summed E-state index contributed by atoms with van der Waals surface area (Å²) >= 11 is 0. The number of carbonyl (C=O) groups excluding carboxylic acids is 2. The zero-order chi connectivity index (χ0) is 11.3. The predicted molar refractivity (Wildman–Crippen MR) is 57.0 cm³/mol. The molecule has 0 spiro atoms. The second-order valence-electron chi connectivity index (χ2n) is 4.02. The predicted octanol–water partition coefficient (Wildman–Crippen LogP) is -0.632. The van der Waals surface area contributed by atoms with Crippen molar-refractivity contribution in [2.75, 3.05) is 19.6 Å². The van der Waals surface area contributed by atoms with Crippen LogP contribution in [0.5, 0.6) is 0 Å². The van der Waals surface area contributed by atoms with Gasteiger partial charge in [-0.2, -0.15) is 0 Å². The summed E-state index contributed by atoms with van der Waals surface area (Å²) in [6.07, 6.45) is 2.57. The molecular weight excluding hydrogens is 194 g/mol. The van der Waals surface area contributed by atoms with Gasteiger partial charge in [0.2, 0.25) is 11.8 Å². The molecule has 1 saturated carbocycles. The molecule has 1 aliphatic carbocycles. The third-order valence-corrected chi connectivity index (χ3v) is 2.71. The Hall–Kier alpha value is -1.10. The summed E-state index contributed by atoms with van der Waals surface area (Å²) in [5.74, 6) is -0.227. The van der Waals surface area contributed by atoms with Gasteiger partial charge in [0.15, 0.2) is 0 Å². The molecule has 0 saturated heterocycles. The Morgan fingerprint density at radius 3 is 2.47 bits per heavy atom. The lowest BCUT2D eigenvalue weighted by atomic mass is 10.1. The molecule has 0 aromatic carbocycles. The Morgan fingerprint density at radius 2 is 2.00 bits per heavy atom. The molecule has 2 amide bonds. The highest BCUT2D eigenvalue weighted by Crippen LogP contribution is 2.44. The van der Waals surface area contributed by atoms with Crippen molar-refractivity contribution in [3.63, 3.8) is 0 Å². The second kappa shape index (κ2) is 5.11. The minimum absolute atomic E-state index is 0.0561. The van der Waals surface area contributed by atoms with Gasteiger partial charge >= 0.3 is 0 Å². The highest BCUT2D eigenvalue weighted by Gasteiger charge is 2.48. The minimum Gasteiger partial charge on any atom is -0.355 e. The van der Waals surface area contributed by atoms with Gasteiger partial charge in [-0.3, -0.25) is 9.59 Å². The molecule has 0 unspecified atom stereocenters. The summed E-state index contributed by atoms with van der Waals surface area (Å²) in [4.78, 5) is 22.8. The second-order valence-corrected chi connectivity index (χ2v) is 4.02. The molecule has 0 atom stereocenters. The largest absolute Gasteiger partial charge is 0.355 e. The summed E-state index contributed by atoms with van der Waals surface area (Å²) in [6, 6.07) is 0. The first-order valence-electron chi connectivity index (χ1n) is 5.39. The lowest BCUT2D eigenvalue weighted by Crippen LogP contribution is -2.42. The van der Waals surface area contributed by atoms with E-state index in [0.29, 0.717) is 13.1 Å². The van der Waals surface area contributed by atoms with Crippen LogP contribution >= 0.6 is 0 Å². The van der Waals surface area contributed by atoms with Crippen LogP contribution in [0.25, 0.3) is 0 Å². The first-order chi connectivity index (χ1) is 7.14. The quantitative estimate of drug-likeness (QED) is 0.549. The van der Waals surface area contributed by atoms with Crippen LogP contribution in [0, 0.1) is 5.41 Å². The van der Waals surface area contributed by atoms with E-state index in [1.54, 1.807) is 0 Å². The minimum atomic E-state index is -0.370. The molecule has 1 aliphatic rings. The molecule has 5 heteroatoms. The molecule has 0 bridgehead atoms. The van der Waals surface area contributed by atoms with Crippen molar-refractivity contribution < 1.29 is 9.59 Å². The van der Waals surface area contributed by atoms with E-state index in [9.17, 15) is 9.59 Å². The molecule has 0 radical (unpaired) electrons. The molecule has 15 heavy (non-hydrogen) atoms. The first kappa shape index (κ1) is 12.0. The molecule has 0 aromatic rings. The van der Waals surface area contributed by atoms with Gasteiger partial charge in [0.05, 0.1) is 12.0 Å². The van der Waals surface area contributed by atoms with Gasteiger partial charge in [-0.05, 0) is 19.3 Å². The lowest BCUT2D eigenvalue weighted by Gasteiger charge is -2.12. The van der Waals surface area contributed by atoms with Gasteiger partial charge < -0.3 is 16.4 Å². The number of hydrogen-bond acceptors (Lipinski definition) is 3. The third-order valence-electron chi connectivity index (χ3n) is 2.71. The number of carbonyl (C=O) groups is 2. The van der Waals surface area contributed by atoms with E-state index < -0.39 is 0 Å². The van der Waals surface area contributed by atoms with Crippen molar-refractivity contribution in [1.82, 2.24) is 10.6 Å². The van der Waals surface area contributed by atoms with Crippen molar-refractivity contribution in [3.05, 3.63) is 0 Å². The summed E-state index contributed by atoms with van der Waals surface area (Å²) < 4.78 is 0. The zero-order valence-electron chi connectivity index (χ0n) is 9.14. The Kier molecular flexibility index (Phi) is 4.08. The maximum absolute atomic E-state index is 11.6. The Bertz CT molecular complexity index is 249. The zero-order valence-corrected chi connectivity index (χ0v) is 9.14. The molecule has 0 aromatic heterocycles. The molecule has 0 heterocycles. The van der Waals surface area contributed by atoms with Crippen LogP contribution in [0.1, 0.15) is 26.2 Å². The fourth-order valence-corrected chi connectivity index (χ4v) is 1.35. The number of amides is 2. The third kappa shape index (κ3) is 3.20. The van der Waals surface area contributed by atoms with E-state index in [4.69, 9.17) is 5.73 Å². The Balaban J connectivity index is 2.19. The normalized spacial score (nSPS) is 16.9. The van der Waals surface area contributed by atoms with E-state index in [1.807, 2.05) is 6.92 Å². The number of hydrogen-bond donors (Lipinski definition) is 3. The lowest BCUT2D eigenvalue weighted by molar-refractivity contribution is -0.129. The maximum Gasteiger partial charge on any atom is 0.239 e. The van der Waals surface area contributed by atoms with Crippen LogP contribution in [0.15, 0.2) is 0 Å². The number of nitrogens with two attached hydrogens (primary N) is 1. The summed E-state index contributed by atoms with van der Waals surface area (Å²) in [5.41, 5.74) is 5.12. The summed E-state index contributed by atoms with van der Waals surface area (Å²) in [5, 5.41) is 5.31. The molecule has 1 fully saturated rings. The topological polar surface area (TPSA) is 84.2 Å². The fraction of sp³-hybridized carbons (Fsp3) is 0.800. The molecule has 5 nitrogen and oxygen atoms in total. The number of rotatable bonds is 6. The van der Waals surface area contributed by atoms with E-state index >= 15 is 0 Å². The summed E-state index contributed by atoms with van der Waals surface area (Å²) in [7, 11) is 0. The smallest absolute Gasteiger partial charge is 0.239 e. The standard InChI is InChI=1S/C10H19N3O2/c1-2-5-12-8(14)6-13-9(15)10(7-11)3-4-10/h2-7,11H2,1H3,(H,12,14)(H,13,15). The van der Waals surface area contributed by atoms with Crippen molar-refractivity contribution in [2.24, 2.45) is 11.1 Å². The van der Waals surface area contributed by atoms with Gasteiger partial charge in [-0.25, -0.2) is 0 Å². The molecule has 0 aliphatic heterocycles.